The van der Waals surface area contributed by atoms with E-state index in [9.17, 15) is 28.3 Å². The SMILES string of the molecule is Cc1cc(-c2c(C)cccc2C)cc([C@H](CC(=O)O)NC(=O)[C@H](CC(C)C)n2nc(CCN3CC(F)(F)C3)cc(C)c2=O)c1F. The predicted octanol–water partition coefficient (Wildman–Crippen LogP) is 5.70. The number of benzene rings is 2. The Labute approximate surface area is 261 Å². The fourth-order valence-electron chi connectivity index (χ4n) is 5.99. The fraction of sp³-hybridized carbons (Fsp3) is 0.471. The van der Waals surface area contributed by atoms with Gasteiger partial charge < -0.3 is 10.4 Å². The summed E-state index contributed by atoms with van der Waals surface area (Å²) in [4.78, 5) is 40.8. The van der Waals surface area contributed by atoms with Gasteiger partial charge in [0.1, 0.15) is 11.9 Å². The lowest BCUT2D eigenvalue weighted by atomic mass is 9.90. The number of alkyl halides is 2. The number of hydrogen-bond donors (Lipinski definition) is 2. The normalized spacial score (nSPS) is 15.9. The number of carboxylic acids is 1. The van der Waals surface area contributed by atoms with Crippen LogP contribution in [0.5, 0.6) is 0 Å². The molecule has 2 aromatic carbocycles. The van der Waals surface area contributed by atoms with Crippen molar-refractivity contribution in [3.05, 3.63) is 86.1 Å². The van der Waals surface area contributed by atoms with Crippen LogP contribution in [0.1, 0.15) is 72.3 Å². The van der Waals surface area contributed by atoms with Crippen LogP contribution in [0.2, 0.25) is 0 Å². The molecule has 3 aromatic rings. The summed E-state index contributed by atoms with van der Waals surface area (Å²) in [5, 5.41) is 17.0. The van der Waals surface area contributed by atoms with E-state index in [1.165, 1.54) is 0 Å². The second-order valence-corrected chi connectivity index (χ2v) is 12.7. The van der Waals surface area contributed by atoms with E-state index >= 15 is 4.39 Å². The lowest BCUT2D eigenvalue weighted by Gasteiger charge is -2.38. The molecule has 1 aromatic heterocycles. The van der Waals surface area contributed by atoms with Crippen LogP contribution in [0.15, 0.2) is 41.2 Å². The third-order valence-electron chi connectivity index (χ3n) is 8.17. The number of aryl methyl sites for hydroxylation is 4. The Morgan fingerprint density at radius 3 is 2.24 bits per heavy atom. The van der Waals surface area contributed by atoms with Gasteiger partial charge in [-0.1, -0.05) is 32.0 Å². The lowest BCUT2D eigenvalue weighted by molar-refractivity contribution is -0.138. The molecule has 0 aliphatic carbocycles. The highest BCUT2D eigenvalue weighted by molar-refractivity contribution is 5.82. The first-order valence-electron chi connectivity index (χ1n) is 15.1. The number of likely N-dealkylation sites (tertiary alicyclic amines) is 1. The number of carbonyl (C=O) groups excluding carboxylic acids is 1. The number of hydrogen-bond acceptors (Lipinski definition) is 5. The van der Waals surface area contributed by atoms with Crippen LogP contribution >= 0.6 is 0 Å². The smallest absolute Gasteiger partial charge is 0.305 e. The van der Waals surface area contributed by atoms with Crippen molar-refractivity contribution in [1.82, 2.24) is 20.0 Å². The monoisotopic (exact) mass is 626 g/mol. The molecule has 242 valence electrons. The molecular formula is C34H41F3N4O4. The van der Waals surface area contributed by atoms with Gasteiger partial charge in [-0.25, -0.2) is 17.9 Å². The van der Waals surface area contributed by atoms with Gasteiger partial charge in [0.25, 0.3) is 11.5 Å². The topological polar surface area (TPSA) is 105 Å². The Morgan fingerprint density at radius 2 is 1.67 bits per heavy atom. The molecule has 8 nitrogen and oxygen atoms in total. The van der Waals surface area contributed by atoms with Crippen LogP contribution in [-0.4, -0.2) is 57.2 Å². The Morgan fingerprint density at radius 1 is 1.02 bits per heavy atom. The van der Waals surface area contributed by atoms with Crippen LogP contribution in [0.25, 0.3) is 11.1 Å². The second kappa shape index (κ2) is 13.6. The number of amides is 1. The van der Waals surface area contributed by atoms with Gasteiger partial charge in [0.15, 0.2) is 0 Å². The highest BCUT2D eigenvalue weighted by Crippen LogP contribution is 2.34. The standard InChI is InChI=1S/C34H41F3N4O4/c1-19(2)12-28(41-33(45)23(6)14-25(39-41)10-11-40-17-34(36,37)18-40)32(44)38-27(16-29(42)43)26-15-24(13-22(5)31(26)35)30-20(3)8-7-9-21(30)4/h7-9,13-15,19,27-28H,10-12,16-18H2,1-6H3,(H,38,44)(H,42,43)/t27-,28-/m0/s1. The van der Waals surface area contributed by atoms with Gasteiger partial charge in [-0.05, 0) is 86.1 Å². The van der Waals surface area contributed by atoms with Gasteiger partial charge in [-0.2, -0.15) is 5.10 Å². The van der Waals surface area contributed by atoms with E-state index in [4.69, 9.17) is 0 Å². The lowest BCUT2D eigenvalue weighted by Crippen LogP contribution is -2.56. The van der Waals surface area contributed by atoms with Crippen molar-refractivity contribution < 1.29 is 27.9 Å². The molecule has 1 fully saturated rings. The molecule has 0 spiro atoms. The molecular weight excluding hydrogens is 585 g/mol. The van der Waals surface area contributed by atoms with Crippen molar-refractivity contribution in [3.8, 4) is 11.1 Å². The minimum atomic E-state index is -2.70. The molecule has 0 saturated carbocycles. The minimum Gasteiger partial charge on any atom is -0.481 e. The van der Waals surface area contributed by atoms with Gasteiger partial charge >= 0.3 is 5.97 Å². The number of nitrogens with one attached hydrogen (secondary N) is 1. The largest absolute Gasteiger partial charge is 0.481 e. The van der Waals surface area contributed by atoms with Crippen LogP contribution < -0.4 is 10.9 Å². The Hall–Kier alpha value is -3.99. The number of halogens is 3. The van der Waals surface area contributed by atoms with E-state index in [1.54, 1.807) is 36.9 Å². The van der Waals surface area contributed by atoms with E-state index in [2.05, 4.69) is 10.4 Å². The summed E-state index contributed by atoms with van der Waals surface area (Å²) in [6.45, 7) is 10.5. The molecule has 4 rings (SSSR count). The average Bonchev–Trinajstić information content (AvgIpc) is 2.92. The molecule has 11 heteroatoms. The summed E-state index contributed by atoms with van der Waals surface area (Å²) >= 11 is 0. The third-order valence-corrected chi connectivity index (χ3v) is 8.17. The van der Waals surface area contributed by atoms with Crippen molar-refractivity contribution in [1.29, 1.82) is 0 Å². The quantitative estimate of drug-likeness (QED) is 0.268. The van der Waals surface area contributed by atoms with Crippen LogP contribution in [-0.2, 0) is 16.0 Å². The van der Waals surface area contributed by atoms with Crippen LogP contribution in [0.4, 0.5) is 13.2 Å². The van der Waals surface area contributed by atoms with Crippen LogP contribution in [0.3, 0.4) is 0 Å². The number of nitrogens with zero attached hydrogens (tertiary/aromatic N) is 3. The maximum atomic E-state index is 15.7. The van der Waals surface area contributed by atoms with Gasteiger partial charge in [-0.3, -0.25) is 19.3 Å². The van der Waals surface area contributed by atoms with Gasteiger partial charge in [0.2, 0.25) is 5.91 Å². The fourth-order valence-corrected chi connectivity index (χ4v) is 5.99. The van der Waals surface area contributed by atoms with E-state index < -0.39 is 47.7 Å². The summed E-state index contributed by atoms with van der Waals surface area (Å²) in [6, 6.07) is 8.31. The van der Waals surface area contributed by atoms with Crippen molar-refractivity contribution in [2.24, 2.45) is 5.92 Å². The van der Waals surface area contributed by atoms with Crippen molar-refractivity contribution in [3.63, 3.8) is 0 Å². The Kier molecular flexibility index (Phi) is 10.2. The van der Waals surface area contributed by atoms with Crippen molar-refractivity contribution >= 4 is 11.9 Å². The maximum Gasteiger partial charge on any atom is 0.305 e. The molecule has 1 aliphatic rings. The zero-order chi connectivity index (χ0) is 33.2. The molecule has 1 saturated heterocycles. The number of carboxylic acid groups (broad SMARTS) is 1. The first kappa shape index (κ1) is 33.9. The molecule has 1 aliphatic heterocycles. The molecule has 2 N–H and O–H groups in total. The Bertz CT molecular complexity index is 1620. The zero-order valence-corrected chi connectivity index (χ0v) is 26.6. The predicted molar refractivity (Wildman–Crippen MR) is 166 cm³/mol. The molecule has 0 bridgehead atoms. The maximum absolute atomic E-state index is 15.7. The zero-order valence-electron chi connectivity index (χ0n) is 26.6. The Balaban J connectivity index is 1.70. The van der Waals surface area contributed by atoms with Gasteiger partial charge in [-0.15, -0.1) is 0 Å². The molecule has 1 amide bonds. The molecule has 45 heavy (non-hydrogen) atoms. The van der Waals surface area contributed by atoms with Crippen molar-refractivity contribution in [2.45, 2.75) is 78.8 Å². The number of carbonyl (C=O) groups is 2. The van der Waals surface area contributed by atoms with Crippen LogP contribution in [0, 0.1) is 39.4 Å². The molecule has 0 unspecified atom stereocenters. The van der Waals surface area contributed by atoms with E-state index in [0.29, 0.717) is 35.3 Å². The second-order valence-electron chi connectivity index (χ2n) is 12.7. The van der Waals surface area contributed by atoms with Gasteiger partial charge in [0, 0.05) is 24.1 Å². The molecule has 0 radical (unpaired) electrons. The van der Waals surface area contributed by atoms with E-state index in [0.717, 1.165) is 21.4 Å². The summed E-state index contributed by atoms with van der Waals surface area (Å²) in [7, 11) is 0. The number of rotatable bonds is 12. The average molecular weight is 627 g/mol. The van der Waals surface area contributed by atoms with E-state index in [-0.39, 0.29) is 31.0 Å². The van der Waals surface area contributed by atoms with Gasteiger partial charge in [0.05, 0.1) is 31.2 Å². The first-order chi connectivity index (χ1) is 21.1. The highest BCUT2D eigenvalue weighted by atomic mass is 19.3. The molecule has 2 heterocycles. The number of aliphatic carboxylic acids is 1. The minimum absolute atomic E-state index is 0.0308. The first-order valence-corrected chi connectivity index (χ1v) is 15.1. The molecule has 2 atom stereocenters. The van der Waals surface area contributed by atoms with Crippen molar-refractivity contribution in [2.75, 3.05) is 19.6 Å². The highest BCUT2D eigenvalue weighted by Gasteiger charge is 2.43. The summed E-state index contributed by atoms with van der Waals surface area (Å²) < 4.78 is 43.4. The summed E-state index contributed by atoms with van der Waals surface area (Å²) in [5.41, 5.74) is 4.16. The third kappa shape index (κ3) is 8.00. The van der Waals surface area contributed by atoms with E-state index in [1.807, 2.05) is 45.9 Å². The summed E-state index contributed by atoms with van der Waals surface area (Å²) in [6.07, 6.45) is -0.0945. The number of aromatic nitrogens is 2. The summed E-state index contributed by atoms with van der Waals surface area (Å²) in [5.74, 6) is -5.30.